The first-order valence-corrected chi connectivity index (χ1v) is 11.7. The maximum atomic E-state index is 13.2. The van der Waals surface area contributed by atoms with Crippen LogP contribution in [0.2, 0.25) is 0 Å². The van der Waals surface area contributed by atoms with Crippen LogP contribution < -0.4 is 5.32 Å². The van der Waals surface area contributed by atoms with Crippen LogP contribution >= 0.6 is 7.37 Å². The van der Waals surface area contributed by atoms with Gasteiger partial charge in [0.2, 0.25) is 13.3 Å². The van der Waals surface area contributed by atoms with Crippen LogP contribution in [-0.2, 0) is 13.9 Å². The van der Waals surface area contributed by atoms with Crippen molar-refractivity contribution in [3.8, 4) is 0 Å². The van der Waals surface area contributed by atoms with Gasteiger partial charge in [0, 0.05) is 18.8 Å². The molecule has 2 aliphatic carbocycles. The van der Waals surface area contributed by atoms with Crippen molar-refractivity contribution in [1.82, 2.24) is 5.32 Å². The molecule has 2 fully saturated rings. The lowest BCUT2D eigenvalue weighted by molar-refractivity contribution is -0.120. The average Bonchev–Trinajstić information content (AvgIpc) is 2.55. The fraction of sp³-hybridized carbons (Fsp3) is 0.947. The molecule has 1 amide bonds. The van der Waals surface area contributed by atoms with Crippen molar-refractivity contribution in [2.24, 2.45) is 17.8 Å². The van der Waals surface area contributed by atoms with E-state index in [1.54, 1.807) is 0 Å². The Balaban J connectivity index is 1.98. The lowest BCUT2D eigenvalue weighted by Crippen LogP contribution is -2.46. The predicted molar refractivity (Wildman–Crippen MR) is 99.6 cm³/mol. The second kappa shape index (κ2) is 8.85. The molecule has 0 radical (unpaired) electrons. The van der Waals surface area contributed by atoms with Crippen LogP contribution in [0.3, 0.4) is 0 Å². The van der Waals surface area contributed by atoms with Gasteiger partial charge in [-0.2, -0.15) is 0 Å². The van der Waals surface area contributed by atoms with Crippen LogP contribution in [0.5, 0.6) is 0 Å². The van der Waals surface area contributed by atoms with Gasteiger partial charge in [0.15, 0.2) is 0 Å². The Hall–Kier alpha value is -0.340. The number of carbonyl (C=O) groups excluding carboxylic acids is 1. The average molecular weight is 357 g/mol. The van der Waals surface area contributed by atoms with Crippen LogP contribution in [-0.4, -0.2) is 30.9 Å². The molecule has 0 spiro atoms. The van der Waals surface area contributed by atoms with Crippen molar-refractivity contribution in [3.63, 3.8) is 0 Å². The molecular formula is C19H36NO3P. The molecule has 4 atom stereocenters. The zero-order valence-corrected chi connectivity index (χ0v) is 16.8. The zero-order valence-electron chi connectivity index (χ0n) is 15.9. The van der Waals surface area contributed by atoms with E-state index in [2.05, 4.69) is 26.1 Å². The highest BCUT2D eigenvalue weighted by atomic mass is 31.2. The van der Waals surface area contributed by atoms with Crippen molar-refractivity contribution < 1.29 is 13.9 Å². The third-order valence-electron chi connectivity index (χ3n) is 6.17. The lowest BCUT2D eigenvalue weighted by atomic mass is 9.74. The minimum atomic E-state index is -2.87. The molecule has 1 N–H and O–H groups in total. The summed E-state index contributed by atoms with van der Waals surface area (Å²) in [5.41, 5.74) is 0.0770. The predicted octanol–water partition coefficient (Wildman–Crippen LogP) is 4.82. The largest absolute Gasteiger partial charge is 0.353 e. The van der Waals surface area contributed by atoms with E-state index in [9.17, 15) is 9.36 Å². The molecule has 2 aliphatic rings. The Bertz CT molecular complexity index is 460. The van der Waals surface area contributed by atoms with E-state index in [4.69, 9.17) is 4.52 Å². The normalized spacial score (nSPS) is 31.6. The van der Waals surface area contributed by atoms with Crippen molar-refractivity contribution in [2.45, 2.75) is 83.8 Å². The van der Waals surface area contributed by atoms with Gasteiger partial charge in [0.05, 0.1) is 0 Å². The van der Waals surface area contributed by atoms with Crippen LogP contribution in [0.1, 0.15) is 72.1 Å². The van der Waals surface area contributed by atoms with Crippen LogP contribution in [0.15, 0.2) is 0 Å². The van der Waals surface area contributed by atoms with E-state index in [1.165, 1.54) is 26.4 Å². The first-order valence-electron chi connectivity index (χ1n) is 9.79. The number of hydrogen-bond donors (Lipinski definition) is 1. The third-order valence-corrected chi connectivity index (χ3v) is 9.15. The van der Waals surface area contributed by atoms with Crippen molar-refractivity contribution in [3.05, 3.63) is 0 Å². The van der Waals surface area contributed by atoms with Crippen LogP contribution in [0.25, 0.3) is 0 Å². The highest BCUT2D eigenvalue weighted by molar-refractivity contribution is 7.60. The minimum absolute atomic E-state index is 0.0594. The summed E-state index contributed by atoms with van der Waals surface area (Å²) in [6, 6.07) is 0.220. The molecule has 4 nitrogen and oxygen atoms in total. The number of nitrogens with one attached hydrogen (secondary N) is 1. The van der Waals surface area contributed by atoms with Gasteiger partial charge in [-0.15, -0.1) is 0 Å². The molecule has 0 aromatic heterocycles. The summed E-state index contributed by atoms with van der Waals surface area (Å²) in [5, 5.41) is 3.22. The molecule has 0 aromatic rings. The molecule has 0 saturated heterocycles. The standard InChI is InChI=1S/C19H36NO3P/c1-14(2)17-11-10-15(3)12-18(17)20-19(21)13-24(22,23-4)16-8-6-5-7-9-16/h14-18H,5-13H2,1-4H3,(H,20,21). The summed E-state index contributed by atoms with van der Waals surface area (Å²) in [4.78, 5) is 12.6. The molecule has 0 bridgehead atoms. The Morgan fingerprint density at radius 1 is 1.17 bits per heavy atom. The minimum Gasteiger partial charge on any atom is -0.353 e. The molecule has 24 heavy (non-hydrogen) atoms. The quantitative estimate of drug-likeness (QED) is 0.693. The van der Waals surface area contributed by atoms with E-state index in [0.717, 1.165) is 32.1 Å². The van der Waals surface area contributed by atoms with E-state index in [-0.39, 0.29) is 23.8 Å². The maximum Gasteiger partial charge on any atom is 0.229 e. The van der Waals surface area contributed by atoms with Gasteiger partial charge in [-0.05, 0) is 43.4 Å². The molecular weight excluding hydrogens is 321 g/mol. The van der Waals surface area contributed by atoms with Gasteiger partial charge in [0.1, 0.15) is 6.16 Å². The van der Waals surface area contributed by atoms with Crippen molar-refractivity contribution in [2.75, 3.05) is 13.3 Å². The zero-order chi connectivity index (χ0) is 17.7. The summed E-state index contributed by atoms with van der Waals surface area (Å²) in [5.74, 6) is 1.67. The Morgan fingerprint density at radius 3 is 2.42 bits per heavy atom. The Kier molecular flexibility index (Phi) is 7.37. The van der Waals surface area contributed by atoms with Crippen molar-refractivity contribution in [1.29, 1.82) is 0 Å². The molecule has 2 saturated carbocycles. The highest BCUT2D eigenvalue weighted by Gasteiger charge is 2.38. The molecule has 0 aliphatic heterocycles. The second-order valence-electron chi connectivity index (χ2n) is 8.36. The van der Waals surface area contributed by atoms with Crippen molar-refractivity contribution >= 4 is 13.3 Å². The summed E-state index contributed by atoms with van der Waals surface area (Å²) in [6.07, 6.45) is 8.81. The summed E-state index contributed by atoms with van der Waals surface area (Å²) in [6.45, 7) is 6.74. The van der Waals surface area contributed by atoms with E-state index >= 15 is 0 Å². The van der Waals surface area contributed by atoms with Gasteiger partial charge in [-0.3, -0.25) is 9.36 Å². The highest BCUT2D eigenvalue weighted by Crippen LogP contribution is 2.55. The molecule has 5 heteroatoms. The topological polar surface area (TPSA) is 55.4 Å². The Morgan fingerprint density at radius 2 is 1.83 bits per heavy atom. The van der Waals surface area contributed by atoms with Gasteiger partial charge in [0.25, 0.3) is 0 Å². The fourth-order valence-corrected chi connectivity index (χ4v) is 6.97. The SMILES string of the molecule is COP(=O)(CC(=O)NC1CC(C)CCC1C(C)C)C1CCCCC1. The summed E-state index contributed by atoms with van der Waals surface area (Å²) >= 11 is 0. The maximum absolute atomic E-state index is 13.2. The first-order chi connectivity index (χ1) is 11.4. The fourth-order valence-electron chi connectivity index (χ4n) is 4.64. The number of hydrogen-bond acceptors (Lipinski definition) is 3. The van der Waals surface area contributed by atoms with Gasteiger partial charge in [-0.1, -0.05) is 46.5 Å². The van der Waals surface area contributed by atoms with E-state index < -0.39 is 7.37 Å². The van der Waals surface area contributed by atoms with Crippen LogP contribution in [0, 0.1) is 17.8 Å². The molecule has 0 heterocycles. The van der Waals surface area contributed by atoms with Gasteiger partial charge in [-0.25, -0.2) is 0 Å². The first kappa shape index (κ1) is 20.0. The summed E-state index contributed by atoms with van der Waals surface area (Å²) < 4.78 is 18.6. The molecule has 140 valence electrons. The molecule has 0 aromatic carbocycles. The molecule has 4 unspecified atom stereocenters. The van der Waals surface area contributed by atoms with E-state index in [1.807, 2.05) is 0 Å². The molecule has 2 rings (SSSR count). The smallest absolute Gasteiger partial charge is 0.229 e. The lowest BCUT2D eigenvalue weighted by Gasteiger charge is -2.38. The summed E-state index contributed by atoms with van der Waals surface area (Å²) in [7, 11) is -1.35. The monoisotopic (exact) mass is 357 g/mol. The number of rotatable bonds is 6. The second-order valence-corrected chi connectivity index (χ2v) is 11.2. The third kappa shape index (κ3) is 5.08. The van der Waals surface area contributed by atoms with Gasteiger partial charge < -0.3 is 9.84 Å². The van der Waals surface area contributed by atoms with Crippen LogP contribution in [0.4, 0.5) is 0 Å². The number of carbonyl (C=O) groups is 1. The number of amides is 1. The van der Waals surface area contributed by atoms with Gasteiger partial charge >= 0.3 is 0 Å². The van der Waals surface area contributed by atoms with E-state index in [0.29, 0.717) is 17.8 Å². The Labute approximate surface area is 147 Å².